The van der Waals surface area contributed by atoms with Gasteiger partial charge < -0.3 is 0 Å². The molecule has 0 atom stereocenters. The molecule has 0 aliphatic rings. The van der Waals surface area contributed by atoms with Crippen molar-refractivity contribution in [1.29, 1.82) is 0 Å². The Hall–Kier alpha value is -1.30. The normalized spacial score (nSPS) is 11.6. The summed E-state index contributed by atoms with van der Waals surface area (Å²) in [7, 11) is 0. The maximum absolute atomic E-state index is 12.7. The number of hydrogen-bond acceptors (Lipinski definition) is 2. The first-order valence-corrected chi connectivity index (χ1v) is 4.72. The third-order valence-corrected chi connectivity index (χ3v) is 2.38. The minimum absolute atomic E-state index is 0.0752. The van der Waals surface area contributed by atoms with Gasteiger partial charge >= 0.3 is 6.18 Å². The first kappa shape index (κ1) is 12.8. The van der Waals surface area contributed by atoms with Crippen LogP contribution in [-0.2, 0) is 12.1 Å². The van der Waals surface area contributed by atoms with Gasteiger partial charge in [0.25, 0.3) is 5.69 Å². The minimum atomic E-state index is -4.64. The summed E-state index contributed by atoms with van der Waals surface area (Å²) in [6.45, 7) is 1.24. The van der Waals surface area contributed by atoms with Gasteiger partial charge in [-0.25, -0.2) is 0 Å². The molecule has 0 aliphatic heterocycles. The lowest BCUT2D eigenvalue weighted by Gasteiger charge is -2.14. The second-order valence-electron chi connectivity index (χ2n) is 3.14. The van der Waals surface area contributed by atoms with Gasteiger partial charge in [0, 0.05) is 6.07 Å². The molecule has 1 aromatic carbocycles. The van der Waals surface area contributed by atoms with Crippen LogP contribution in [-0.4, -0.2) is 4.92 Å². The lowest BCUT2D eigenvalue weighted by molar-refractivity contribution is -0.385. The first-order valence-electron chi connectivity index (χ1n) is 4.19. The predicted molar refractivity (Wildman–Crippen MR) is 52.4 cm³/mol. The van der Waals surface area contributed by atoms with E-state index in [4.69, 9.17) is 11.6 Å². The highest BCUT2D eigenvalue weighted by Crippen LogP contribution is 2.38. The average molecular weight is 254 g/mol. The number of nitro groups is 1. The maximum Gasteiger partial charge on any atom is 0.417 e. The predicted octanol–water partition coefficient (Wildman–Crippen LogP) is 3.66. The van der Waals surface area contributed by atoms with Crippen LogP contribution in [0.2, 0.25) is 0 Å². The number of halogens is 4. The van der Waals surface area contributed by atoms with Crippen molar-refractivity contribution in [1.82, 2.24) is 0 Å². The van der Waals surface area contributed by atoms with Crippen molar-refractivity contribution in [3.05, 3.63) is 38.9 Å². The van der Waals surface area contributed by atoms with Gasteiger partial charge in [-0.05, 0) is 12.5 Å². The van der Waals surface area contributed by atoms with Crippen LogP contribution >= 0.6 is 11.6 Å². The SMILES string of the molecule is Cc1ccc([N+](=O)[O-])c(CCl)c1C(F)(F)F. The molecule has 0 unspecified atom stereocenters. The first-order chi connectivity index (χ1) is 7.29. The van der Waals surface area contributed by atoms with Crippen molar-refractivity contribution in [2.75, 3.05) is 0 Å². The quantitative estimate of drug-likeness (QED) is 0.459. The summed E-state index contributed by atoms with van der Waals surface area (Å²) in [4.78, 5) is 9.68. The summed E-state index contributed by atoms with van der Waals surface area (Å²) in [5.74, 6) is -0.549. The molecule has 0 heterocycles. The third kappa shape index (κ3) is 2.27. The van der Waals surface area contributed by atoms with Crippen LogP contribution < -0.4 is 0 Å². The molecule has 0 spiro atoms. The Bertz CT molecular complexity index is 431. The zero-order chi connectivity index (χ0) is 12.5. The highest BCUT2D eigenvalue weighted by atomic mass is 35.5. The van der Waals surface area contributed by atoms with E-state index in [-0.39, 0.29) is 5.56 Å². The summed E-state index contributed by atoms with van der Waals surface area (Å²) in [6.07, 6.45) is -4.64. The van der Waals surface area contributed by atoms with Crippen LogP contribution in [0.3, 0.4) is 0 Å². The van der Waals surface area contributed by atoms with Gasteiger partial charge in [0.1, 0.15) is 0 Å². The Balaban J connectivity index is 3.57. The van der Waals surface area contributed by atoms with E-state index < -0.39 is 33.8 Å². The lowest BCUT2D eigenvalue weighted by atomic mass is 10.0. The van der Waals surface area contributed by atoms with E-state index in [0.29, 0.717) is 0 Å². The molecule has 16 heavy (non-hydrogen) atoms. The summed E-state index contributed by atoms with van der Waals surface area (Å²) in [5, 5.41) is 10.6. The number of benzene rings is 1. The number of aryl methyl sites for hydroxylation is 1. The Morgan fingerprint density at radius 3 is 2.38 bits per heavy atom. The molecular weight excluding hydrogens is 247 g/mol. The second-order valence-corrected chi connectivity index (χ2v) is 3.41. The van der Waals surface area contributed by atoms with Gasteiger partial charge in [-0.1, -0.05) is 6.07 Å². The summed E-state index contributed by atoms with van der Waals surface area (Å²) >= 11 is 5.35. The Morgan fingerprint density at radius 2 is 2.00 bits per heavy atom. The molecule has 0 aliphatic carbocycles. The molecule has 7 heteroatoms. The van der Waals surface area contributed by atoms with E-state index >= 15 is 0 Å². The lowest BCUT2D eigenvalue weighted by Crippen LogP contribution is -2.12. The van der Waals surface area contributed by atoms with E-state index in [0.717, 1.165) is 12.1 Å². The van der Waals surface area contributed by atoms with E-state index in [1.54, 1.807) is 0 Å². The molecule has 88 valence electrons. The van der Waals surface area contributed by atoms with Crippen molar-refractivity contribution in [2.24, 2.45) is 0 Å². The van der Waals surface area contributed by atoms with Gasteiger partial charge in [0.15, 0.2) is 0 Å². The number of alkyl halides is 4. The van der Waals surface area contributed by atoms with Crippen molar-refractivity contribution in [3.63, 3.8) is 0 Å². The largest absolute Gasteiger partial charge is 0.417 e. The highest BCUT2D eigenvalue weighted by Gasteiger charge is 2.37. The second kappa shape index (κ2) is 4.29. The molecule has 3 nitrogen and oxygen atoms in total. The zero-order valence-corrected chi connectivity index (χ0v) is 8.89. The molecule has 0 radical (unpaired) electrons. The molecule has 0 saturated carbocycles. The van der Waals surface area contributed by atoms with Gasteiger partial charge in [0.2, 0.25) is 0 Å². The molecule has 0 amide bonds. The molecule has 0 bridgehead atoms. The standard InChI is InChI=1S/C9H7ClF3NO2/c1-5-2-3-7(14(15)16)6(4-10)8(5)9(11,12)13/h2-3H,4H2,1H3. The number of hydrogen-bond donors (Lipinski definition) is 0. The van der Waals surface area contributed by atoms with Gasteiger partial charge in [-0.15, -0.1) is 11.6 Å². The van der Waals surface area contributed by atoms with Crippen LogP contribution in [0.4, 0.5) is 18.9 Å². The van der Waals surface area contributed by atoms with Gasteiger partial charge in [0.05, 0.1) is 21.9 Å². The summed E-state index contributed by atoms with van der Waals surface area (Å²) in [5.41, 5.74) is -2.18. The summed E-state index contributed by atoms with van der Waals surface area (Å²) in [6, 6.07) is 2.10. The molecule has 1 aromatic rings. The maximum atomic E-state index is 12.7. The van der Waals surface area contributed by atoms with Gasteiger partial charge in [-0.2, -0.15) is 13.2 Å². The number of nitrogens with zero attached hydrogens (tertiary/aromatic N) is 1. The van der Waals surface area contributed by atoms with E-state index in [1.165, 1.54) is 6.92 Å². The Kier molecular flexibility index (Phi) is 3.42. The molecule has 1 rings (SSSR count). The molecule has 0 fully saturated rings. The van der Waals surface area contributed by atoms with E-state index in [9.17, 15) is 23.3 Å². The monoisotopic (exact) mass is 253 g/mol. The fraction of sp³-hybridized carbons (Fsp3) is 0.333. The van der Waals surface area contributed by atoms with Crippen LogP contribution in [0.5, 0.6) is 0 Å². The number of rotatable bonds is 2. The summed E-state index contributed by atoms with van der Waals surface area (Å²) < 4.78 is 38.0. The molecule has 0 saturated heterocycles. The van der Waals surface area contributed by atoms with Crippen LogP contribution in [0.25, 0.3) is 0 Å². The molecular formula is C9H7ClF3NO2. The van der Waals surface area contributed by atoms with E-state index in [1.807, 2.05) is 0 Å². The highest BCUT2D eigenvalue weighted by molar-refractivity contribution is 6.17. The number of nitro benzene ring substituents is 1. The van der Waals surface area contributed by atoms with Gasteiger partial charge in [-0.3, -0.25) is 10.1 Å². The van der Waals surface area contributed by atoms with Crippen LogP contribution in [0.15, 0.2) is 12.1 Å². The zero-order valence-electron chi connectivity index (χ0n) is 8.14. The average Bonchev–Trinajstić information content (AvgIpc) is 2.14. The Labute approximate surface area is 94.0 Å². The van der Waals surface area contributed by atoms with Crippen molar-refractivity contribution < 1.29 is 18.1 Å². The third-order valence-electron chi connectivity index (χ3n) is 2.11. The molecule has 0 N–H and O–H groups in total. The fourth-order valence-corrected chi connectivity index (χ4v) is 1.73. The molecule has 0 aromatic heterocycles. The Morgan fingerprint density at radius 1 is 1.44 bits per heavy atom. The minimum Gasteiger partial charge on any atom is -0.258 e. The van der Waals surface area contributed by atoms with Crippen molar-refractivity contribution in [2.45, 2.75) is 19.0 Å². The van der Waals surface area contributed by atoms with Crippen molar-refractivity contribution in [3.8, 4) is 0 Å². The smallest absolute Gasteiger partial charge is 0.258 e. The topological polar surface area (TPSA) is 43.1 Å². The van der Waals surface area contributed by atoms with Crippen molar-refractivity contribution >= 4 is 17.3 Å². The van der Waals surface area contributed by atoms with Crippen LogP contribution in [0.1, 0.15) is 16.7 Å². The van der Waals surface area contributed by atoms with E-state index in [2.05, 4.69) is 0 Å². The van der Waals surface area contributed by atoms with Crippen LogP contribution in [0, 0.1) is 17.0 Å². The fourth-order valence-electron chi connectivity index (χ4n) is 1.45.